The smallest absolute Gasteiger partial charge is 0.0579 e. The maximum atomic E-state index is 5.47. The van der Waals surface area contributed by atoms with E-state index in [1.54, 1.807) is 0 Å². The van der Waals surface area contributed by atoms with Crippen molar-refractivity contribution < 1.29 is 0 Å². The Morgan fingerprint density at radius 1 is 0.950 bits per heavy atom. The van der Waals surface area contributed by atoms with Gasteiger partial charge in [0, 0.05) is 12.5 Å². The molecule has 1 nitrogen and oxygen atoms in total. The predicted molar refractivity (Wildman–Crippen MR) is 85.4 cm³/mol. The van der Waals surface area contributed by atoms with Crippen molar-refractivity contribution in [3.05, 3.63) is 71.8 Å². The lowest BCUT2D eigenvalue weighted by Gasteiger charge is -2.25. The first-order chi connectivity index (χ1) is 9.85. The molecule has 0 saturated heterocycles. The zero-order valence-corrected chi connectivity index (χ0v) is 11.9. The molecule has 0 aliphatic heterocycles. The molecule has 0 aromatic heterocycles. The van der Waals surface area contributed by atoms with Gasteiger partial charge in [-0.25, -0.2) is 0 Å². The van der Waals surface area contributed by atoms with Crippen molar-refractivity contribution in [3.8, 4) is 12.3 Å². The Morgan fingerprint density at radius 2 is 1.45 bits per heavy atom. The summed E-state index contributed by atoms with van der Waals surface area (Å²) in [5.41, 5.74) is 2.54. The van der Waals surface area contributed by atoms with Crippen LogP contribution in [0.1, 0.15) is 36.9 Å². The van der Waals surface area contributed by atoms with Crippen molar-refractivity contribution in [2.45, 2.75) is 31.8 Å². The van der Waals surface area contributed by atoms with Crippen molar-refractivity contribution in [1.29, 1.82) is 0 Å². The van der Waals surface area contributed by atoms with Gasteiger partial charge in [0.2, 0.25) is 0 Å². The minimum atomic E-state index is 0.190. The molecule has 2 rings (SSSR count). The average Bonchev–Trinajstić information content (AvgIpc) is 2.53. The molecular formula is C19H21N. The van der Waals surface area contributed by atoms with Gasteiger partial charge in [-0.1, -0.05) is 67.6 Å². The third kappa shape index (κ3) is 3.73. The lowest BCUT2D eigenvalue weighted by atomic mass is 9.97. The molecule has 0 bridgehead atoms. The molecule has 0 heterocycles. The Bertz CT molecular complexity index is 499. The minimum Gasteiger partial charge on any atom is -0.303 e. The normalized spacial score (nSPS) is 12.1. The molecule has 0 saturated carbocycles. The van der Waals surface area contributed by atoms with Crippen molar-refractivity contribution in [2.75, 3.05) is 0 Å². The number of terminal acetylenes is 1. The van der Waals surface area contributed by atoms with Crippen LogP contribution in [-0.2, 0) is 0 Å². The number of nitrogens with one attached hydrogen (secondary N) is 1. The summed E-state index contributed by atoms with van der Waals surface area (Å²) in [5, 5.41) is 3.69. The van der Waals surface area contributed by atoms with E-state index in [4.69, 9.17) is 6.42 Å². The Balaban J connectivity index is 2.28. The summed E-state index contributed by atoms with van der Waals surface area (Å²) in [6.07, 6.45) is 7.25. The zero-order chi connectivity index (χ0) is 14.2. The van der Waals surface area contributed by atoms with Crippen molar-refractivity contribution >= 4 is 0 Å². The minimum absolute atomic E-state index is 0.190. The summed E-state index contributed by atoms with van der Waals surface area (Å²) in [6.45, 7) is 2.17. The van der Waals surface area contributed by atoms with Gasteiger partial charge in [0.15, 0.2) is 0 Å². The molecule has 0 spiro atoms. The van der Waals surface area contributed by atoms with Crippen LogP contribution in [0.2, 0.25) is 0 Å². The van der Waals surface area contributed by atoms with E-state index in [1.807, 2.05) is 12.1 Å². The monoisotopic (exact) mass is 263 g/mol. The second-order valence-electron chi connectivity index (χ2n) is 4.93. The van der Waals surface area contributed by atoms with Crippen molar-refractivity contribution in [2.24, 2.45) is 0 Å². The van der Waals surface area contributed by atoms with Crippen molar-refractivity contribution in [3.63, 3.8) is 0 Å². The van der Waals surface area contributed by atoms with E-state index in [0.717, 1.165) is 12.8 Å². The van der Waals surface area contributed by atoms with Gasteiger partial charge in [-0.3, -0.25) is 0 Å². The fourth-order valence-corrected chi connectivity index (χ4v) is 2.37. The number of rotatable bonds is 6. The van der Waals surface area contributed by atoms with Gasteiger partial charge in [-0.15, -0.1) is 12.3 Å². The molecule has 20 heavy (non-hydrogen) atoms. The average molecular weight is 263 g/mol. The van der Waals surface area contributed by atoms with Gasteiger partial charge in [-0.2, -0.15) is 0 Å². The molecule has 1 heteroatoms. The van der Waals surface area contributed by atoms with Crippen LogP contribution in [0.3, 0.4) is 0 Å². The first-order valence-corrected chi connectivity index (χ1v) is 7.14. The molecule has 0 amide bonds. The van der Waals surface area contributed by atoms with Crippen LogP contribution in [0.5, 0.6) is 0 Å². The third-order valence-electron chi connectivity index (χ3n) is 3.53. The number of hydrogen-bond acceptors (Lipinski definition) is 1. The quantitative estimate of drug-likeness (QED) is 0.771. The topological polar surface area (TPSA) is 12.0 Å². The lowest BCUT2D eigenvalue weighted by molar-refractivity contribution is 0.465. The summed E-state index contributed by atoms with van der Waals surface area (Å²) in [5.74, 6) is 2.76. The van der Waals surface area contributed by atoms with Crippen LogP contribution in [0.4, 0.5) is 0 Å². The molecule has 1 atom stereocenters. The van der Waals surface area contributed by atoms with Crippen LogP contribution < -0.4 is 5.32 Å². The zero-order valence-electron chi connectivity index (χ0n) is 11.9. The predicted octanol–water partition coefficient (Wildman–Crippen LogP) is 4.17. The highest BCUT2D eigenvalue weighted by Gasteiger charge is 2.16. The first kappa shape index (κ1) is 14.4. The van der Waals surface area contributed by atoms with Crippen LogP contribution in [-0.4, -0.2) is 6.04 Å². The summed E-state index contributed by atoms with van der Waals surface area (Å²) < 4.78 is 0. The Labute approximate surface area is 122 Å². The lowest BCUT2D eigenvalue weighted by Crippen LogP contribution is -2.32. The van der Waals surface area contributed by atoms with Crippen LogP contribution in [0.15, 0.2) is 60.7 Å². The summed E-state index contributed by atoms with van der Waals surface area (Å²) in [7, 11) is 0. The largest absolute Gasteiger partial charge is 0.303 e. The molecule has 0 radical (unpaired) electrons. The molecule has 2 aromatic rings. The molecule has 0 aliphatic rings. The van der Waals surface area contributed by atoms with Gasteiger partial charge in [0.25, 0.3) is 0 Å². The third-order valence-corrected chi connectivity index (χ3v) is 3.53. The fourth-order valence-electron chi connectivity index (χ4n) is 2.37. The van der Waals surface area contributed by atoms with E-state index in [1.165, 1.54) is 11.1 Å². The second kappa shape index (κ2) is 7.53. The maximum absolute atomic E-state index is 5.47. The van der Waals surface area contributed by atoms with E-state index in [2.05, 4.69) is 66.7 Å². The summed E-state index contributed by atoms with van der Waals surface area (Å²) >= 11 is 0. The van der Waals surface area contributed by atoms with Crippen LogP contribution >= 0.6 is 0 Å². The van der Waals surface area contributed by atoms with E-state index >= 15 is 0 Å². The molecule has 0 fully saturated rings. The highest BCUT2D eigenvalue weighted by molar-refractivity contribution is 5.31. The van der Waals surface area contributed by atoms with Gasteiger partial charge in [0.1, 0.15) is 0 Å². The molecule has 0 aliphatic carbocycles. The first-order valence-electron chi connectivity index (χ1n) is 7.14. The number of hydrogen-bond donors (Lipinski definition) is 1. The van der Waals surface area contributed by atoms with Crippen LogP contribution in [0.25, 0.3) is 0 Å². The summed E-state index contributed by atoms with van der Waals surface area (Å²) in [4.78, 5) is 0. The second-order valence-corrected chi connectivity index (χ2v) is 4.93. The van der Waals surface area contributed by atoms with E-state index in [0.29, 0.717) is 6.04 Å². The fraction of sp³-hybridized carbons (Fsp3) is 0.263. The van der Waals surface area contributed by atoms with E-state index < -0.39 is 0 Å². The summed E-state index contributed by atoms with van der Waals surface area (Å²) in [6, 6.07) is 21.6. The molecular weight excluding hydrogens is 242 g/mol. The van der Waals surface area contributed by atoms with Gasteiger partial charge in [-0.05, 0) is 17.5 Å². The standard InChI is InChI=1S/C19H21N/c1-3-11-18(4-2)20-19(16-12-7-5-8-13-16)17-14-9-6-10-15-17/h1,5-10,12-15,18-20H,4,11H2,2H3. The van der Waals surface area contributed by atoms with Crippen molar-refractivity contribution in [1.82, 2.24) is 5.32 Å². The van der Waals surface area contributed by atoms with E-state index in [-0.39, 0.29) is 6.04 Å². The molecule has 1 N–H and O–H groups in total. The maximum Gasteiger partial charge on any atom is 0.0579 e. The van der Waals surface area contributed by atoms with Gasteiger partial charge in [0.05, 0.1) is 6.04 Å². The van der Waals surface area contributed by atoms with Gasteiger partial charge < -0.3 is 5.32 Å². The highest BCUT2D eigenvalue weighted by Crippen LogP contribution is 2.23. The molecule has 1 unspecified atom stereocenters. The SMILES string of the molecule is C#CCC(CC)NC(c1ccccc1)c1ccccc1. The highest BCUT2D eigenvalue weighted by atomic mass is 14.9. The van der Waals surface area contributed by atoms with Gasteiger partial charge >= 0.3 is 0 Å². The number of benzene rings is 2. The molecule has 102 valence electrons. The molecule has 2 aromatic carbocycles. The Morgan fingerprint density at radius 3 is 1.85 bits per heavy atom. The Hall–Kier alpha value is -2.04. The van der Waals surface area contributed by atoms with E-state index in [9.17, 15) is 0 Å². The van der Waals surface area contributed by atoms with Crippen LogP contribution in [0, 0.1) is 12.3 Å². The Kier molecular flexibility index (Phi) is 5.41.